The molecule has 0 spiro atoms. The Labute approximate surface area is 143 Å². The van der Waals surface area contributed by atoms with Gasteiger partial charge >= 0.3 is 0 Å². The van der Waals surface area contributed by atoms with Crippen LogP contribution in [0.4, 0.5) is 22.0 Å². The van der Waals surface area contributed by atoms with Gasteiger partial charge in [-0.1, -0.05) is 11.6 Å². The van der Waals surface area contributed by atoms with E-state index in [1.165, 1.54) is 12.1 Å². The van der Waals surface area contributed by atoms with E-state index in [2.05, 4.69) is 5.32 Å². The van der Waals surface area contributed by atoms with E-state index in [0.717, 1.165) is 11.3 Å². The number of halogens is 6. The maximum atomic E-state index is 14.3. The first kappa shape index (κ1) is 17.6. The molecule has 1 aromatic heterocycles. The van der Waals surface area contributed by atoms with Gasteiger partial charge in [0.25, 0.3) is 0 Å². The van der Waals surface area contributed by atoms with Gasteiger partial charge < -0.3 is 5.32 Å². The molecule has 1 atom stereocenters. The van der Waals surface area contributed by atoms with Gasteiger partial charge in [-0.05, 0) is 12.1 Å². The Bertz CT molecular complexity index is 732. The molecule has 1 aliphatic heterocycles. The molecular weight excluding hydrogens is 371 g/mol. The summed E-state index contributed by atoms with van der Waals surface area (Å²) in [5, 5.41) is 3.08. The third-order valence-corrected chi connectivity index (χ3v) is 5.18. The molecule has 130 valence electrons. The van der Waals surface area contributed by atoms with Crippen molar-refractivity contribution in [3.05, 3.63) is 56.0 Å². The highest BCUT2D eigenvalue weighted by molar-refractivity contribution is 7.16. The van der Waals surface area contributed by atoms with Crippen molar-refractivity contribution in [1.82, 2.24) is 10.2 Å². The molecule has 0 aliphatic carbocycles. The highest BCUT2D eigenvalue weighted by Crippen LogP contribution is 2.39. The van der Waals surface area contributed by atoms with Crippen molar-refractivity contribution in [3.8, 4) is 0 Å². The van der Waals surface area contributed by atoms with Gasteiger partial charge in [-0.25, -0.2) is 22.0 Å². The van der Waals surface area contributed by atoms with Crippen molar-refractivity contribution < 1.29 is 22.0 Å². The molecule has 0 unspecified atom stereocenters. The summed E-state index contributed by atoms with van der Waals surface area (Å²) in [5.41, 5.74) is -0.841. The second kappa shape index (κ2) is 6.95. The number of hydrogen-bond donors (Lipinski definition) is 1. The fourth-order valence-corrected chi connectivity index (χ4v) is 3.99. The maximum absolute atomic E-state index is 14.3. The Balaban J connectivity index is 2.19. The number of piperazine rings is 1. The number of rotatable bonds is 3. The molecule has 1 aliphatic rings. The van der Waals surface area contributed by atoms with Crippen molar-refractivity contribution in [2.75, 3.05) is 26.2 Å². The van der Waals surface area contributed by atoms with Crippen LogP contribution in [0.1, 0.15) is 16.5 Å². The lowest BCUT2D eigenvalue weighted by molar-refractivity contribution is 0.190. The maximum Gasteiger partial charge on any atom is 0.200 e. The molecule has 3 rings (SSSR count). The first-order valence-electron chi connectivity index (χ1n) is 7.13. The van der Waals surface area contributed by atoms with E-state index in [1.807, 2.05) is 0 Å². The van der Waals surface area contributed by atoms with Gasteiger partial charge in [-0.15, -0.1) is 11.3 Å². The van der Waals surface area contributed by atoms with Gasteiger partial charge in [-0.3, -0.25) is 4.90 Å². The minimum atomic E-state index is -2.16. The van der Waals surface area contributed by atoms with Crippen molar-refractivity contribution in [3.63, 3.8) is 0 Å². The molecule has 2 heterocycles. The molecule has 24 heavy (non-hydrogen) atoms. The van der Waals surface area contributed by atoms with E-state index < -0.39 is 40.7 Å². The van der Waals surface area contributed by atoms with E-state index in [9.17, 15) is 22.0 Å². The summed E-state index contributed by atoms with van der Waals surface area (Å²) in [5.74, 6) is -9.64. The van der Waals surface area contributed by atoms with Crippen LogP contribution in [0.25, 0.3) is 0 Å². The van der Waals surface area contributed by atoms with Crippen LogP contribution in [-0.4, -0.2) is 31.1 Å². The molecule has 1 fully saturated rings. The van der Waals surface area contributed by atoms with E-state index in [-0.39, 0.29) is 0 Å². The zero-order valence-corrected chi connectivity index (χ0v) is 13.8. The molecule has 2 nitrogen and oxygen atoms in total. The normalized spacial score (nSPS) is 17.2. The summed E-state index contributed by atoms with van der Waals surface area (Å²) >= 11 is 6.94. The van der Waals surface area contributed by atoms with Crippen molar-refractivity contribution in [2.24, 2.45) is 0 Å². The standard InChI is InChI=1S/C15H12ClF5N2S/c16-8-2-1-7(24-8)15(23-5-3-22-4-6-23)9-10(17)12(19)14(21)13(20)11(9)18/h1-2,15,22H,3-6H2/t15-/m1/s1. The highest BCUT2D eigenvalue weighted by Gasteiger charge is 2.35. The Morgan fingerprint density at radius 1 is 0.917 bits per heavy atom. The molecule has 2 aromatic rings. The van der Waals surface area contributed by atoms with Crippen molar-refractivity contribution in [2.45, 2.75) is 6.04 Å². The summed E-state index contributed by atoms with van der Waals surface area (Å²) in [7, 11) is 0. The van der Waals surface area contributed by atoms with Crippen molar-refractivity contribution >= 4 is 22.9 Å². The summed E-state index contributed by atoms with van der Waals surface area (Å²) in [6, 6.07) is 1.98. The summed E-state index contributed by atoms with van der Waals surface area (Å²) < 4.78 is 69.6. The lowest BCUT2D eigenvalue weighted by atomic mass is 10.0. The van der Waals surface area contributed by atoms with Gasteiger partial charge in [0.2, 0.25) is 5.82 Å². The summed E-state index contributed by atoms with van der Waals surface area (Å²) in [6.07, 6.45) is 0. The largest absolute Gasteiger partial charge is 0.314 e. The van der Waals surface area contributed by atoms with E-state index in [4.69, 9.17) is 11.6 Å². The molecule has 1 aromatic carbocycles. The third kappa shape index (κ3) is 3.03. The van der Waals surface area contributed by atoms with Gasteiger partial charge in [-0.2, -0.15) is 0 Å². The monoisotopic (exact) mass is 382 g/mol. The molecule has 1 N–H and O–H groups in total. The van der Waals surface area contributed by atoms with Gasteiger partial charge in [0, 0.05) is 31.1 Å². The molecule has 0 radical (unpaired) electrons. The molecular formula is C15H12ClF5N2S. The predicted octanol–water partition coefficient (Wildman–Crippen LogP) is 4.09. The molecule has 0 amide bonds. The topological polar surface area (TPSA) is 15.3 Å². The number of benzene rings is 1. The van der Waals surface area contributed by atoms with Crippen LogP contribution in [0.3, 0.4) is 0 Å². The summed E-state index contributed by atoms with van der Waals surface area (Å²) in [6.45, 7) is 1.90. The number of hydrogen-bond acceptors (Lipinski definition) is 3. The average Bonchev–Trinajstić information content (AvgIpc) is 3.01. The second-order valence-electron chi connectivity index (χ2n) is 5.31. The van der Waals surface area contributed by atoms with Crippen LogP contribution in [0, 0.1) is 29.1 Å². The fraction of sp³-hybridized carbons (Fsp3) is 0.333. The third-order valence-electron chi connectivity index (χ3n) is 3.90. The lowest BCUT2D eigenvalue weighted by Gasteiger charge is -2.35. The van der Waals surface area contributed by atoms with Crippen LogP contribution < -0.4 is 5.32 Å². The zero-order valence-electron chi connectivity index (χ0n) is 12.2. The first-order chi connectivity index (χ1) is 11.4. The van der Waals surface area contributed by atoms with Crippen LogP contribution in [-0.2, 0) is 0 Å². The number of nitrogens with one attached hydrogen (secondary N) is 1. The van der Waals surface area contributed by atoms with E-state index >= 15 is 0 Å². The Hall–Kier alpha value is -1.22. The van der Waals surface area contributed by atoms with Gasteiger partial charge in [0.05, 0.1) is 15.9 Å². The predicted molar refractivity (Wildman–Crippen MR) is 81.8 cm³/mol. The van der Waals surface area contributed by atoms with Gasteiger partial charge in [0.15, 0.2) is 23.3 Å². The van der Waals surface area contributed by atoms with E-state index in [1.54, 1.807) is 4.90 Å². The SMILES string of the molecule is Fc1c(F)c(F)c([C@@H](c2ccc(Cl)s2)N2CCNCC2)c(F)c1F. The second-order valence-corrected chi connectivity index (χ2v) is 7.06. The molecule has 0 saturated carbocycles. The van der Waals surface area contributed by atoms with Crippen LogP contribution in [0.2, 0.25) is 4.34 Å². The number of thiophene rings is 1. The van der Waals surface area contributed by atoms with E-state index in [0.29, 0.717) is 35.4 Å². The Morgan fingerprint density at radius 3 is 1.96 bits per heavy atom. The quantitative estimate of drug-likeness (QED) is 0.488. The fourth-order valence-electron chi connectivity index (χ4n) is 2.78. The Morgan fingerprint density at radius 2 is 1.46 bits per heavy atom. The van der Waals surface area contributed by atoms with Crippen LogP contribution in [0.15, 0.2) is 12.1 Å². The zero-order chi connectivity index (χ0) is 17.4. The molecule has 9 heteroatoms. The minimum Gasteiger partial charge on any atom is -0.314 e. The number of nitrogens with zero attached hydrogens (tertiary/aromatic N) is 1. The minimum absolute atomic E-state index is 0.369. The highest BCUT2D eigenvalue weighted by atomic mass is 35.5. The molecule has 0 bridgehead atoms. The Kier molecular flexibility index (Phi) is 5.10. The molecule has 1 saturated heterocycles. The van der Waals surface area contributed by atoms with Crippen LogP contribution in [0.5, 0.6) is 0 Å². The van der Waals surface area contributed by atoms with Crippen molar-refractivity contribution in [1.29, 1.82) is 0 Å². The average molecular weight is 383 g/mol. The smallest absolute Gasteiger partial charge is 0.200 e. The summed E-state index contributed by atoms with van der Waals surface area (Å²) in [4.78, 5) is 2.10. The first-order valence-corrected chi connectivity index (χ1v) is 8.32. The van der Waals surface area contributed by atoms with Crippen LogP contribution >= 0.6 is 22.9 Å². The lowest BCUT2D eigenvalue weighted by Crippen LogP contribution is -2.45. The van der Waals surface area contributed by atoms with Gasteiger partial charge in [0.1, 0.15) is 0 Å².